The molecule has 1 amide bonds. The van der Waals surface area contributed by atoms with Crippen LogP contribution < -0.4 is 10.2 Å². The molecule has 0 aromatic heterocycles. The predicted octanol–water partition coefficient (Wildman–Crippen LogP) is 2.12. The Hall–Kier alpha value is -3.22. The van der Waals surface area contributed by atoms with Crippen LogP contribution in [-0.2, 0) is 4.79 Å². The van der Waals surface area contributed by atoms with E-state index in [-0.39, 0.29) is 12.3 Å². The van der Waals surface area contributed by atoms with Crippen molar-refractivity contribution in [1.29, 1.82) is 0 Å². The van der Waals surface area contributed by atoms with Crippen molar-refractivity contribution in [2.75, 3.05) is 6.61 Å². The summed E-state index contributed by atoms with van der Waals surface area (Å²) in [5, 5.41) is 14.3. The first-order valence-electron chi connectivity index (χ1n) is 6.39. The maximum absolute atomic E-state index is 11.5. The molecule has 112 valence electrons. The van der Waals surface area contributed by atoms with E-state index in [1.54, 1.807) is 24.3 Å². The van der Waals surface area contributed by atoms with Crippen molar-refractivity contribution in [1.82, 2.24) is 5.43 Å². The van der Waals surface area contributed by atoms with Crippen molar-refractivity contribution in [3.63, 3.8) is 0 Å². The van der Waals surface area contributed by atoms with Crippen molar-refractivity contribution in [3.05, 3.63) is 70.3 Å². The predicted molar refractivity (Wildman–Crippen MR) is 80.8 cm³/mol. The van der Waals surface area contributed by atoms with Crippen molar-refractivity contribution in [3.8, 4) is 5.75 Å². The number of para-hydroxylation sites is 1. The average Bonchev–Trinajstić information content (AvgIpc) is 2.54. The Labute approximate surface area is 126 Å². The van der Waals surface area contributed by atoms with Crippen LogP contribution in [0.4, 0.5) is 5.69 Å². The first-order chi connectivity index (χ1) is 10.6. The van der Waals surface area contributed by atoms with Gasteiger partial charge in [-0.1, -0.05) is 18.2 Å². The highest BCUT2D eigenvalue weighted by molar-refractivity contribution is 5.83. The molecule has 0 spiro atoms. The Kier molecular flexibility index (Phi) is 5.20. The van der Waals surface area contributed by atoms with Crippen molar-refractivity contribution in [2.24, 2.45) is 5.10 Å². The molecular formula is C15H13N3O4. The monoisotopic (exact) mass is 299 g/mol. The Morgan fingerprint density at radius 3 is 2.50 bits per heavy atom. The second-order valence-electron chi connectivity index (χ2n) is 4.24. The molecule has 0 radical (unpaired) electrons. The lowest BCUT2D eigenvalue weighted by Gasteiger charge is -2.04. The summed E-state index contributed by atoms with van der Waals surface area (Å²) in [5.41, 5.74) is 2.94. The van der Waals surface area contributed by atoms with E-state index in [4.69, 9.17) is 4.74 Å². The minimum atomic E-state index is -0.483. The quantitative estimate of drug-likeness (QED) is 0.502. The molecule has 0 saturated heterocycles. The van der Waals surface area contributed by atoms with Crippen molar-refractivity contribution in [2.45, 2.75) is 0 Å². The molecule has 2 aromatic rings. The number of rotatable bonds is 6. The van der Waals surface area contributed by atoms with Crippen LogP contribution in [0.25, 0.3) is 0 Å². The largest absolute Gasteiger partial charge is 0.484 e. The summed E-state index contributed by atoms with van der Waals surface area (Å²) in [6.45, 7) is -0.151. The number of amides is 1. The van der Waals surface area contributed by atoms with Crippen molar-refractivity contribution < 1.29 is 14.5 Å². The Bertz CT molecular complexity index is 669. The molecular weight excluding hydrogens is 286 g/mol. The second-order valence-corrected chi connectivity index (χ2v) is 4.24. The maximum Gasteiger partial charge on any atom is 0.277 e. The summed E-state index contributed by atoms with van der Waals surface area (Å²) < 4.78 is 5.25. The molecule has 2 aromatic carbocycles. The summed E-state index contributed by atoms with van der Waals surface area (Å²) in [6, 6.07) is 14.7. The molecule has 2 rings (SSSR count). The standard InChI is InChI=1S/C15H13N3O4/c19-15(11-22-14-4-2-1-3-5-14)17-16-10-12-6-8-13(9-7-12)18(20)21/h1-10H,11H2,(H,17,19)/b16-10-. The second kappa shape index (κ2) is 7.53. The summed E-state index contributed by atoms with van der Waals surface area (Å²) in [5.74, 6) is 0.194. The molecule has 0 fully saturated rings. The van der Waals surface area contributed by atoms with Gasteiger partial charge in [-0.15, -0.1) is 0 Å². The number of nitro benzene ring substituents is 1. The SMILES string of the molecule is O=C(COc1ccccc1)N/N=C\c1ccc([N+](=O)[O-])cc1. The van der Waals surface area contributed by atoms with Crippen LogP contribution >= 0.6 is 0 Å². The van der Waals surface area contributed by atoms with Crippen LogP contribution in [0.2, 0.25) is 0 Å². The topological polar surface area (TPSA) is 93.8 Å². The number of carbonyl (C=O) groups is 1. The first kappa shape index (κ1) is 15.2. The fourth-order valence-electron chi connectivity index (χ4n) is 1.56. The number of benzene rings is 2. The van der Waals surface area contributed by atoms with Gasteiger partial charge in [-0.05, 0) is 29.8 Å². The van der Waals surface area contributed by atoms with Crippen LogP contribution in [0.3, 0.4) is 0 Å². The molecule has 22 heavy (non-hydrogen) atoms. The Morgan fingerprint density at radius 2 is 1.86 bits per heavy atom. The smallest absolute Gasteiger partial charge is 0.277 e. The molecule has 0 heterocycles. The lowest BCUT2D eigenvalue weighted by atomic mass is 10.2. The molecule has 0 unspecified atom stereocenters. The van der Waals surface area contributed by atoms with E-state index < -0.39 is 10.8 Å². The Morgan fingerprint density at radius 1 is 1.18 bits per heavy atom. The third-order valence-electron chi connectivity index (χ3n) is 2.62. The van der Waals surface area contributed by atoms with E-state index in [1.165, 1.54) is 30.5 Å². The molecule has 0 atom stereocenters. The van der Waals surface area contributed by atoms with Crippen LogP contribution in [0.15, 0.2) is 59.7 Å². The average molecular weight is 299 g/mol. The summed E-state index contributed by atoms with van der Waals surface area (Å²) in [4.78, 5) is 21.5. The fourth-order valence-corrected chi connectivity index (χ4v) is 1.56. The third kappa shape index (κ3) is 4.71. The van der Waals surface area contributed by atoms with Crippen LogP contribution in [0.1, 0.15) is 5.56 Å². The Balaban J connectivity index is 1.79. The highest BCUT2D eigenvalue weighted by Crippen LogP contribution is 2.10. The molecule has 0 aliphatic carbocycles. The van der Waals surface area contributed by atoms with Gasteiger partial charge in [-0.2, -0.15) is 5.10 Å². The van der Waals surface area contributed by atoms with Gasteiger partial charge in [0.25, 0.3) is 11.6 Å². The molecule has 0 saturated carbocycles. The van der Waals surface area contributed by atoms with Gasteiger partial charge in [0.15, 0.2) is 6.61 Å². The first-order valence-corrected chi connectivity index (χ1v) is 6.39. The zero-order chi connectivity index (χ0) is 15.8. The number of nitrogens with zero attached hydrogens (tertiary/aromatic N) is 2. The molecule has 0 aliphatic heterocycles. The summed E-state index contributed by atoms with van der Waals surface area (Å²) in [7, 11) is 0. The van der Waals surface area contributed by atoms with E-state index in [2.05, 4.69) is 10.5 Å². The van der Waals surface area contributed by atoms with Crippen LogP contribution in [0, 0.1) is 10.1 Å². The molecule has 1 N–H and O–H groups in total. The van der Waals surface area contributed by atoms with E-state index >= 15 is 0 Å². The maximum atomic E-state index is 11.5. The van der Waals surface area contributed by atoms with Gasteiger partial charge < -0.3 is 4.74 Å². The highest BCUT2D eigenvalue weighted by Gasteiger charge is 2.03. The molecule has 0 aliphatic rings. The molecule has 7 nitrogen and oxygen atoms in total. The zero-order valence-corrected chi connectivity index (χ0v) is 11.5. The van der Waals surface area contributed by atoms with Gasteiger partial charge in [-0.3, -0.25) is 14.9 Å². The number of hydrogen-bond donors (Lipinski definition) is 1. The summed E-state index contributed by atoms with van der Waals surface area (Å²) >= 11 is 0. The van der Waals surface area contributed by atoms with Gasteiger partial charge in [0.2, 0.25) is 0 Å². The van der Waals surface area contributed by atoms with Gasteiger partial charge >= 0.3 is 0 Å². The summed E-state index contributed by atoms with van der Waals surface area (Å²) in [6.07, 6.45) is 1.39. The molecule has 0 bridgehead atoms. The number of ether oxygens (including phenoxy) is 1. The highest BCUT2D eigenvalue weighted by atomic mass is 16.6. The van der Waals surface area contributed by atoms with Gasteiger partial charge in [-0.25, -0.2) is 5.43 Å². The number of non-ortho nitro benzene ring substituents is 1. The van der Waals surface area contributed by atoms with Gasteiger partial charge in [0.05, 0.1) is 11.1 Å². The van der Waals surface area contributed by atoms with Gasteiger partial charge in [0.1, 0.15) is 5.75 Å². The lowest BCUT2D eigenvalue weighted by molar-refractivity contribution is -0.384. The number of carbonyl (C=O) groups excluding carboxylic acids is 1. The van der Waals surface area contributed by atoms with E-state index in [0.29, 0.717) is 11.3 Å². The van der Waals surface area contributed by atoms with E-state index in [9.17, 15) is 14.9 Å². The normalized spacial score (nSPS) is 10.4. The molecule has 7 heteroatoms. The van der Waals surface area contributed by atoms with Gasteiger partial charge in [0, 0.05) is 12.1 Å². The fraction of sp³-hybridized carbons (Fsp3) is 0.0667. The number of nitrogens with one attached hydrogen (secondary N) is 1. The van der Waals surface area contributed by atoms with E-state index in [0.717, 1.165) is 0 Å². The number of nitro groups is 1. The van der Waals surface area contributed by atoms with E-state index in [1.807, 2.05) is 6.07 Å². The minimum absolute atomic E-state index is 0.00236. The lowest BCUT2D eigenvalue weighted by Crippen LogP contribution is -2.24. The minimum Gasteiger partial charge on any atom is -0.484 e. The zero-order valence-electron chi connectivity index (χ0n) is 11.5. The number of hydrogen-bond acceptors (Lipinski definition) is 5. The number of hydrazone groups is 1. The van der Waals surface area contributed by atoms with Crippen LogP contribution in [-0.4, -0.2) is 23.7 Å². The van der Waals surface area contributed by atoms with Crippen LogP contribution in [0.5, 0.6) is 5.75 Å². The third-order valence-corrected chi connectivity index (χ3v) is 2.62. The van der Waals surface area contributed by atoms with Crippen molar-refractivity contribution >= 4 is 17.8 Å².